The maximum atomic E-state index is 6.11. The first kappa shape index (κ1) is 32.1. The van der Waals surface area contributed by atoms with Crippen molar-refractivity contribution in [1.82, 2.24) is 9.78 Å². The van der Waals surface area contributed by atoms with Gasteiger partial charge < -0.3 is 0 Å². The van der Waals surface area contributed by atoms with Crippen molar-refractivity contribution in [2.24, 2.45) is 7.05 Å². The van der Waals surface area contributed by atoms with Crippen molar-refractivity contribution < 1.29 is 0 Å². The van der Waals surface area contributed by atoms with E-state index in [4.69, 9.17) is 11.6 Å². The molecule has 4 aromatic rings. The standard InChI is InChI=1S/C12H16N2.C11H15Br.C11H15Cl/c1-12(2,3)10-7-5-6-9-8-13-14(4)11(9)10;1-8-7-9(11(2,3)4)5-6-10(8)12;1-8-5-6-9(10(12)7-8)11(2,3)4/h5-8H,1-4H3;2*5-7H,1-4H3. The van der Waals surface area contributed by atoms with Crippen LogP contribution in [-0.4, -0.2) is 9.78 Å². The lowest BCUT2D eigenvalue weighted by molar-refractivity contribution is 0.589. The number of aromatic nitrogens is 2. The highest BCUT2D eigenvalue weighted by atomic mass is 79.9. The number of fused-ring (bicyclic) bond motifs is 1. The minimum absolute atomic E-state index is 0.144. The fraction of sp³-hybridized carbons (Fsp3) is 0.441. The molecule has 3 aromatic carbocycles. The highest BCUT2D eigenvalue weighted by Gasteiger charge is 2.18. The summed E-state index contributed by atoms with van der Waals surface area (Å²) in [6.45, 7) is 24.1. The van der Waals surface area contributed by atoms with Crippen LogP contribution in [0.5, 0.6) is 0 Å². The summed E-state index contributed by atoms with van der Waals surface area (Å²) in [6, 6.07) is 19.2. The van der Waals surface area contributed by atoms with E-state index in [1.54, 1.807) is 0 Å². The minimum atomic E-state index is 0.144. The van der Waals surface area contributed by atoms with Gasteiger partial charge in [0.05, 0.1) is 11.7 Å². The third kappa shape index (κ3) is 8.71. The average Bonchev–Trinajstić information content (AvgIpc) is 3.15. The Hall–Kier alpha value is -2.10. The molecule has 0 aliphatic carbocycles. The quantitative estimate of drug-likeness (QED) is 0.197. The second-order valence-corrected chi connectivity index (χ2v) is 14.5. The summed E-state index contributed by atoms with van der Waals surface area (Å²) in [4.78, 5) is 0. The Kier molecular flexibility index (Phi) is 10.5. The van der Waals surface area contributed by atoms with E-state index in [1.165, 1.54) is 43.2 Å². The predicted molar refractivity (Wildman–Crippen MR) is 172 cm³/mol. The SMILES string of the molecule is Cc1cc(C(C)(C)C)ccc1Br.Cc1ccc(C(C)(C)C)c(Cl)c1.Cn1ncc2cccc(C(C)(C)C)c21. The monoisotopic (exact) mass is 596 g/mol. The van der Waals surface area contributed by atoms with Gasteiger partial charge in [-0.15, -0.1) is 0 Å². The molecule has 4 rings (SSSR count). The van der Waals surface area contributed by atoms with Gasteiger partial charge in [0.2, 0.25) is 0 Å². The Morgan fingerprint density at radius 2 is 1.34 bits per heavy atom. The second-order valence-electron chi connectivity index (χ2n) is 13.2. The number of halogens is 2. The van der Waals surface area contributed by atoms with Crippen molar-refractivity contribution in [1.29, 1.82) is 0 Å². The van der Waals surface area contributed by atoms with Crippen molar-refractivity contribution in [3.05, 3.63) is 98.1 Å². The lowest BCUT2D eigenvalue weighted by atomic mass is 9.86. The predicted octanol–water partition coefficient (Wildman–Crippen LogP) is 10.9. The van der Waals surface area contributed by atoms with Crippen LogP contribution in [0.4, 0.5) is 0 Å². The van der Waals surface area contributed by atoms with Crippen molar-refractivity contribution in [2.45, 2.75) is 92.4 Å². The number of hydrogen-bond acceptors (Lipinski definition) is 1. The van der Waals surface area contributed by atoms with Gasteiger partial charge in [0.1, 0.15) is 0 Å². The number of benzene rings is 3. The van der Waals surface area contributed by atoms with Crippen LogP contribution in [-0.2, 0) is 23.3 Å². The third-order valence-corrected chi connectivity index (χ3v) is 7.73. The summed E-state index contributed by atoms with van der Waals surface area (Å²) in [6.07, 6.45) is 1.92. The zero-order valence-corrected chi connectivity index (χ0v) is 27.8. The molecule has 0 N–H and O–H groups in total. The molecule has 0 saturated heterocycles. The van der Waals surface area contributed by atoms with Gasteiger partial charge in [0.25, 0.3) is 0 Å². The van der Waals surface area contributed by atoms with Gasteiger partial charge in [-0.3, -0.25) is 4.68 Å². The van der Waals surface area contributed by atoms with Crippen LogP contribution in [0.2, 0.25) is 5.02 Å². The van der Waals surface area contributed by atoms with Gasteiger partial charge in [-0.2, -0.15) is 5.10 Å². The molecule has 0 bridgehead atoms. The zero-order chi connectivity index (χ0) is 29.1. The van der Waals surface area contributed by atoms with E-state index in [1.807, 2.05) is 24.0 Å². The number of rotatable bonds is 0. The fourth-order valence-corrected chi connectivity index (χ4v) is 4.94. The van der Waals surface area contributed by atoms with E-state index in [0.717, 1.165) is 5.02 Å². The van der Waals surface area contributed by atoms with Gasteiger partial charge in [-0.25, -0.2) is 0 Å². The summed E-state index contributed by atoms with van der Waals surface area (Å²) >= 11 is 9.61. The van der Waals surface area contributed by atoms with Crippen LogP contribution >= 0.6 is 27.5 Å². The first-order chi connectivity index (χ1) is 17.3. The lowest BCUT2D eigenvalue weighted by Crippen LogP contribution is -2.12. The third-order valence-electron chi connectivity index (χ3n) is 6.53. The summed E-state index contributed by atoms with van der Waals surface area (Å²) in [5.74, 6) is 0. The van der Waals surface area contributed by atoms with Crippen LogP contribution < -0.4 is 0 Å². The molecule has 0 atom stereocenters. The fourth-order valence-electron chi connectivity index (χ4n) is 4.18. The van der Waals surface area contributed by atoms with E-state index in [-0.39, 0.29) is 16.2 Å². The molecule has 0 spiro atoms. The van der Waals surface area contributed by atoms with Gasteiger partial charge in [-0.1, -0.05) is 132 Å². The Morgan fingerprint density at radius 1 is 0.737 bits per heavy atom. The van der Waals surface area contributed by atoms with Crippen LogP contribution in [0, 0.1) is 13.8 Å². The van der Waals surface area contributed by atoms with E-state index in [0.29, 0.717) is 0 Å². The Balaban J connectivity index is 0.000000201. The number of hydrogen-bond donors (Lipinski definition) is 0. The summed E-state index contributed by atoms with van der Waals surface area (Å²) in [5, 5.41) is 6.39. The van der Waals surface area contributed by atoms with E-state index < -0.39 is 0 Å². The van der Waals surface area contributed by atoms with Crippen molar-refractivity contribution in [3.63, 3.8) is 0 Å². The molecule has 0 aliphatic rings. The molecule has 1 aromatic heterocycles. The molecule has 0 fully saturated rings. The maximum Gasteiger partial charge on any atom is 0.0716 e. The molecular weight excluding hydrogens is 552 g/mol. The zero-order valence-electron chi connectivity index (χ0n) is 25.4. The highest BCUT2D eigenvalue weighted by Crippen LogP contribution is 2.30. The summed E-state index contributed by atoms with van der Waals surface area (Å²) in [5.41, 5.74) is 8.31. The molecule has 206 valence electrons. The van der Waals surface area contributed by atoms with Crippen molar-refractivity contribution in [3.8, 4) is 0 Å². The first-order valence-corrected chi connectivity index (χ1v) is 14.4. The number of para-hydroxylation sites is 1. The normalized spacial score (nSPS) is 11.9. The second kappa shape index (κ2) is 12.4. The van der Waals surface area contributed by atoms with Gasteiger partial charge in [0, 0.05) is 21.9 Å². The molecule has 0 saturated carbocycles. The van der Waals surface area contributed by atoms with E-state index >= 15 is 0 Å². The van der Waals surface area contributed by atoms with Gasteiger partial charge in [-0.05, 0) is 70.0 Å². The largest absolute Gasteiger partial charge is 0.268 e. The highest BCUT2D eigenvalue weighted by molar-refractivity contribution is 9.10. The van der Waals surface area contributed by atoms with Crippen LogP contribution in [0.15, 0.2) is 65.3 Å². The maximum absolute atomic E-state index is 6.11. The Bertz CT molecular complexity index is 1360. The molecule has 0 aliphatic heterocycles. The minimum Gasteiger partial charge on any atom is -0.268 e. The smallest absolute Gasteiger partial charge is 0.0716 e. The molecule has 0 unspecified atom stereocenters. The molecule has 1 heterocycles. The summed E-state index contributed by atoms with van der Waals surface area (Å²) in [7, 11) is 2.00. The molecule has 2 nitrogen and oxygen atoms in total. The number of aryl methyl sites for hydroxylation is 3. The van der Waals surface area contributed by atoms with Crippen LogP contribution in [0.3, 0.4) is 0 Å². The first-order valence-electron chi connectivity index (χ1n) is 13.3. The molecule has 0 radical (unpaired) electrons. The number of nitrogens with zero attached hydrogens (tertiary/aromatic N) is 2. The molecular formula is C34H46BrClN2. The van der Waals surface area contributed by atoms with Crippen molar-refractivity contribution in [2.75, 3.05) is 0 Å². The molecule has 38 heavy (non-hydrogen) atoms. The van der Waals surface area contributed by atoms with Gasteiger partial charge in [0.15, 0.2) is 0 Å². The Labute approximate surface area is 244 Å². The van der Waals surface area contributed by atoms with Gasteiger partial charge >= 0.3 is 0 Å². The van der Waals surface area contributed by atoms with Crippen LogP contribution in [0.1, 0.15) is 90.1 Å². The molecule has 4 heteroatoms. The van der Waals surface area contributed by atoms with E-state index in [2.05, 4.69) is 146 Å². The van der Waals surface area contributed by atoms with Crippen LogP contribution in [0.25, 0.3) is 10.9 Å². The van der Waals surface area contributed by atoms with Crippen molar-refractivity contribution >= 4 is 38.4 Å². The average molecular weight is 598 g/mol. The Morgan fingerprint density at radius 3 is 1.84 bits per heavy atom. The molecule has 0 amide bonds. The topological polar surface area (TPSA) is 17.8 Å². The lowest BCUT2D eigenvalue weighted by Gasteiger charge is -2.20. The summed E-state index contributed by atoms with van der Waals surface area (Å²) < 4.78 is 3.14. The van der Waals surface area contributed by atoms with E-state index in [9.17, 15) is 0 Å².